The smallest absolute Gasteiger partial charge is 0.423 e. The lowest BCUT2D eigenvalue weighted by molar-refractivity contribution is -0.138. The quantitative estimate of drug-likeness (QED) is 0.240. The maximum Gasteiger partial charge on any atom is 0.423 e. The van der Waals surface area contributed by atoms with Crippen LogP contribution in [0.5, 0.6) is 5.75 Å². The molecule has 0 saturated heterocycles. The van der Waals surface area contributed by atoms with Gasteiger partial charge in [-0.15, -0.1) is 0 Å². The Morgan fingerprint density at radius 3 is 2.68 bits per heavy atom. The topological polar surface area (TPSA) is 140 Å². The van der Waals surface area contributed by atoms with E-state index in [1.54, 1.807) is 12.0 Å². The van der Waals surface area contributed by atoms with Crippen LogP contribution in [0.3, 0.4) is 0 Å². The van der Waals surface area contributed by atoms with Gasteiger partial charge >= 0.3 is 6.18 Å². The van der Waals surface area contributed by atoms with E-state index < -0.39 is 40.4 Å². The number of halogens is 4. The molecule has 0 radical (unpaired) electrons. The number of benzene rings is 1. The molecule has 1 saturated carbocycles. The van der Waals surface area contributed by atoms with E-state index in [1.165, 1.54) is 30.3 Å². The lowest BCUT2D eigenvalue weighted by Crippen LogP contribution is -2.27. The largest absolute Gasteiger partial charge is 0.491 e. The van der Waals surface area contributed by atoms with Crippen molar-refractivity contribution in [3.05, 3.63) is 62.9 Å². The first-order chi connectivity index (χ1) is 19.5. The highest BCUT2D eigenvalue weighted by Gasteiger charge is 2.37. The summed E-state index contributed by atoms with van der Waals surface area (Å²) in [7, 11) is 1.49. The summed E-state index contributed by atoms with van der Waals surface area (Å²) in [6, 6.07) is 2.32. The van der Waals surface area contributed by atoms with Crippen molar-refractivity contribution in [3.63, 3.8) is 0 Å². The van der Waals surface area contributed by atoms with Crippen molar-refractivity contribution in [2.75, 3.05) is 17.7 Å². The van der Waals surface area contributed by atoms with E-state index in [4.69, 9.17) is 4.74 Å². The van der Waals surface area contributed by atoms with Crippen molar-refractivity contribution in [2.45, 2.75) is 57.4 Å². The number of hydrogen-bond donors (Lipinski definition) is 3. The lowest BCUT2D eigenvalue weighted by atomic mass is 10.1. The monoisotopic (exact) mass is 574 g/mol. The summed E-state index contributed by atoms with van der Waals surface area (Å²) >= 11 is 0. The minimum atomic E-state index is -4.85. The number of anilines is 2. The zero-order valence-corrected chi connectivity index (χ0v) is 22.0. The highest BCUT2D eigenvalue weighted by Crippen LogP contribution is 2.33. The molecule has 3 heterocycles. The number of fused-ring (bicyclic) bond motifs is 1. The highest BCUT2D eigenvalue weighted by molar-refractivity contribution is 5.82. The number of alkyl halides is 3. The van der Waals surface area contributed by atoms with Crippen LogP contribution >= 0.6 is 0 Å². The maximum atomic E-state index is 15.2. The van der Waals surface area contributed by atoms with Gasteiger partial charge in [-0.05, 0) is 44.7 Å². The molecule has 0 aliphatic heterocycles. The predicted octanol–water partition coefficient (Wildman–Crippen LogP) is 3.96. The molecule has 5 rings (SSSR count). The van der Waals surface area contributed by atoms with Crippen LogP contribution in [0.2, 0.25) is 0 Å². The fourth-order valence-electron chi connectivity index (χ4n) is 4.38. The van der Waals surface area contributed by atoms with Gasteiger partial charge in [0, 0.05) is 18.6 Å². The summed E-state index contributed by atoms with van der Waals surface area (Å²) in [5.74, 6) is 0.311. The standard InChI is InChI=1S/C26H26F4N8O3/c1-13(34-19-10-33-37-24(39)21(19)26(28,29)30)4-3-7-38-12-32-18-9-15(17(27)8-16(18)25(38)40)22-31-11-20(41-2)23(36-22)35-14-5-6-14/h8-14H,3-7H2,1-2H3,(H,31,35,36)(H2,34,37,39)/t13-/m0/s1. The van der Waals surface area contributed by atoms with Crippen LogP contribution in [0.4, 0.5) is 29.1 Å². The number of aryl methyl sites for hydroxylation is 1. The molecule has 0 amide bonds. The minimum Gasteiger partial charge on any atom is -0.491 e. The van der Waals surface area contributed by atoms with Gasteiger partial charge in [-0.3, -0.25) is 14.2 Å². The number of ether oxygens (including phenoxy) is 1. The molecule has 3 N–H and O–H groups in total. The summed E-state index contributed by atoms with van der Waals surface area (Å²) in [5.41, 5.74) is -3.25. The molecule has 1 aromatic carbocycles. The summed E-state index contributed by atoms with van der Waals surface area (Å²) in [6.07, 6.45) is 1.59. The Morgan fingerprint density at radius 2 is 1.98 bits per heavy atom. The summed E-state index contributed by atoms with van der Waals surface area (Å²) in [6.45, 7) is 1.83. The summed E-state index contributed by atoms with van der Waals surface area (Å²) < 4.78 is 61.6. The van der Waals surface area contributed by atoms with Gasteiger partial charge in [0.15, 0.2) is 17.4 Å². The lowest BCUT2D eigenvalue weighted by Gasteiger charge is -2.18. The van der Waals surface area contributed by atoms with Crippen LogP contribution in [0, 0.1) is 5.82 Å². The van der Waals surface area contributed by atoms with Gasteiger partial charge in [0.2, 0.25) is 0 Å². The predicted molar refractivity (Wildman–Crippen MR) is 142 cm³/mol. The molecule has 15 heteroatoms. The number of aromatic nitrogens is 6. The second kappa shape index (κ2) is 11.1. The third kappa shape index (κ3) is 6.12. The van der Waals surface area contributed by atoms with Gasteiger partial charge in [0.1, 0.15) is 11.4 Å². The van der Waals surface area contributed by atoms with Gasteiger partial charge in [-0.1, -0.05) is 0 Å². The molecule has 216 valence electrons. The molecule has 11 nitrogen and oxygen atoms in total. The van der Waals surface area contributed by atoms with Crippen molar-refractivity contribution in [3.8, 4) is 17.1 Å². The Kier molecular flexibility index (Phi) is 7.60. The second-order valence-corrected chi connectivity index (χ2v) is 9.79. The number of rotatable bonds is 10. The number of hydrogen-bond acceptors (Lipinski definition) is 9. The van der Waals surface area contributed by atoms with E-state index in [2.05, 4.69) is 30.7 Å². The molecule has 1 fully saturated rings. The molecule has 1 atom stereocenters. The fourth-order valence-corrected chi connectivity index (χ4v) is 4.38. The SMILES string of the molecule is COc1cnc(-c2cc3ncn(CCC[C@H](C)Nc4cn[nH]c(=O)c4C(F)(F)F)c(=O)c3cc2F)nc1NC1CC1. The number of methoxy groups -OCH3 is 1. The normalized spacial score (nSPS) is 14.2. The van der Waals surface area contributed by atoms with Gasteiger partial charge < -0.3 is 15.4 Å². The molecule has 3 aromatic heterocycles. The van der Waals surface area contributed by atoms with Gasteiger partial charge in [-0.25, -0.2) is 24.4 Å². The van der Waals surface area contributed by atoms with Crippen LogP contribution < -0.4 is 26.5 Å². The molecule has 0 unspecified atom stereocenters. The Bertz CT molecular complexity index is 1700. The Hall–Kier alpha value is -4.56. The number of H-pyrrole nitrogens is 1. The zero-order valence-electron chi connectivity index (χ0n) is 22.0. The Labute approximate surface area is 230 Å². The van der Waals surface area contributed by atoms with E-state index >= 15 is 4.39 Å². The van der Waals surface area contributed by atoms with E-state index in [0.717, 1.165) is 25.1 Å². The molecular formula is C26H26F4N8O3. The van der Waals surface area contributed by atoms with Gasteiger partial charge in [0.25, 0.3) is 11.1 Å². The van der Waals surface area contributed by atoms with Crippen LogP contribution in [0.15, 0.2) is 40.4 Å². The fraction of sp³-hybridized carbons (Fsp3) is 0.385. The van der Waals surface area contributed by atoms with Crippen molar-refractivity contribution in [1.29, 1.82) is 0 Å². The van der Waals surface area contributed by atoms with E-state index in [9.17, 15) is 22.8 Å². The van der Waals surface area contributed by atoms with Crippen LogP contribution in [0.1, 0.15) is 38.2 Å². The average molecular weight is 575 g/mol. The second-order valence-electron chi connectivity index (χ2n) is 9.79. The third-order valence-corrected chi connectivity index (χ3v) is 6.62. The first-order valence-electron chi connectivity index (χ1n) is 12.8. The van der Waals surface area contributed by atoms with Crippen molar-refractivity contribution < 1.29 is 22.3 Å². The third-order valence-electron chi connectivity index (χ3n) is 6.62. The van der Waals surface area contributed by atoms with E-state index in [1.807, 2.05) is 0 Å². The molecule has 4 aromatic rings. The summed E-state index contributed by atoms with van der Waals surface area (Å²) in [5, 5.41) is 11.2. The number of nitrogens with zero attached hydrogens (tertiary/aromatic N) is 5. The molecule has 1 aliphatic rings. The van der Waals surface area contributed by atoms with Crippen LogP contribution in [0.25, 0.3) is 22.3 Å². The number of aromatic amines is 1. The molecule has 1 aliphatic carbocycles. The van der Waals surface area contributed by atoms with E-state index in [0.29, 0.717) is 24.4 Å². The molecular weight excluding hydrogens is 548 g/mol. The zero-order chi connectivity index (χ0) is 29.3. The van der Waals surface area contributed by atoms with E-state index in [-0.39, 0.29) is 34.9 Å². The molecule has 41 heavy (non-hydrogen) atoms. The van der Waals surface area contributed by atoms with Gasteiger partial charge in [0.05, 0.1) is 48.0 Å². The highest BCUT2D eigenvalue weighted by atomic mass is 19.4. The minimum absolute atomic E-state index is 0.0640. The first-order valence-corrected chi connectivity index (χ1v) is 12.8. The van der Waals surface area contributed by atoms with Crippen molar-refractivity contribution in [1.82, 2.24) is 29.7 Å². The Balaban J connectivity index is 1.30. The summed E-state index contributed by atoms with van der Waals surface area (Å²) in [4.78, 5) is 37.7. The molecule has 0 bridgehead atoms. The van der Waals surface area contributed by atoms with Crippen molar-refractivity contribution in [2.24, 2.45) is 0 Å². The number of nitrogens with one attached hydrogen (secondary N) is 3. The average Bonchev–Trinajstić information content (AvgIpc) is 3.73. The van der Waals surface area contributed by atoms with Crippen LogP contribution in [-0.4, -0.2) is 48.9 Å². The molecule has 0 spiro atoms. The van der Waals surface area contributed by atoms with Crippen molar-refractivity contribution >= 4 is 22.4 Å². The maximum absolute atomic E-state index is 15.2. The Morgan fingerprint density at radius 1 is 1.20 bits per heavy atom. The van der Waals surface area contributed by atoms with Crippen LogP contribution in [-0.2, 0) is 12.7 Å². The van der Waals surface area contributed by atoms with Gasteiger partial charge in [-0.2, -0.15) is 18.3 Å². The first kappa shape index (κ1) is 28.0.